The summed E-state index contributed by atoms with van der Waals surface area (Å²) in [6.45, 7) is 6.72. The van der Waals surface area contributed by atoms with Crippen LogP contribution in [0, 0.1) is 0 Å². The zero-order valence-corrected chi connectivity index (χ0v) is 56.5. The number of hydrogen-bond donors (Lipinski definition) is 0. The molecular formula is C77H146O6. The Morgan fingerprint density at radius 1 is 0.229 bits per heavy atom. The van der Waals surface area contributed by atoms with Crippen LogP contribution < -0.4 is 0 Å². The molecule has 0 N–H and O–H groups in total. The largest absolute Gasteiger partial charge is 0.462 e. The minimum absolute atomic E-state index is 0.0679. The molecule has 0 aliphatic heterocycles. The van der Waals surface area contributed by atoms with Gasteiger partial charge in [0.2, 0.25) is 0 Å². The third kappa shape index (κ3) is 70.5. The molecule has 0 fully saturated rings. The normalized spacial score (nSPS) is 12.1. The number of carbonyl (C=O) groups is 3. The Bertz CT molecular complexity index is 1340. The molecule has 0 rings (SSSR count). The fourth-order valence-corrected chi connectivity index (χ4v) is 11.7. The first-order chi connectivity index (χ1) is 41.0. The van der Waals surface area contributed by atoms with E-state index in [2.05, 4.69) is 45.1 Å². The van der Waals surface area contributed by atoms with E-state index in [1.54, 1.807) is 0 Å². The number of ether oxygens (including phenoxy) is 3. The highest BCUT2D eigenvalue weighted by Gasteiger charge is 2.20. The number of hydrogen-bond acceptors (Lipinski definition) is 6. The summed E-state index contributed by atoms with van der Waals surface area (Å²) < 4.78 is 17.0. The Morgan fingerprint density at radius 2 is 0.398 bits per heavy atom. The van der Waals surface area contributed by atoms with E-state index in [-0.39, 0.29) is 31.1 Å². The van der Waals surface area contributed by atoms with Gasteiger partial charge >= 0.3 is 17.9 Å². The minimum Gasteiger partial charge on any atom is -0.462 e. The first-order valence-corrected chi connectivity index (χ1v) is 37.8. The summed E-state index contributed by atoms with van der Waals surface area (Å²) in [5, 5.41) is 0. The molecule has 0 radical (unpaired) electrons. The van der Waals surface area contributed by atoms with Gasteiger partial charge in [-0.25, -0.2) is 0 Å². The highest BCUT2D eigenvalue weighted by atomic mass is 16.6. The number of carbonyl (C=O) groups excluding carboxylic acids is 3. The Morgan fingerprint density at radius 3 is 0.602 bits per heavy atom. The van der Waals surface area contributed by atoms with Crippen molar-refractivity contribution >= 4 is 17.9 Å². The summed E-state index contributed by atoms with van der Waals surface area (Å²) in [5.41, 5.74) is 0. The van der Waals surface area contributed by atoms with Crippen molar-refractivity contribution in [1.29, 1.82) is 0 Å². The average Bonchev–Trinajstić information content (AvgIpc) is 3.50. The van der Waals surface area contributed by atoms with Gasteiger partial charge in [-0.15, -0.1) is 0 Å². The number of rotatable bonds is 71. The average molecular weight is 1170 g/mol. The van der Waals surface area contributed by atoms with Gasteiger partial charge in [0.15, 0.2) is 6.10 Å². The molecule has 6 heteroatoms. The van der Waals surface area contributed by atoms with Gasteiger partial charge in [0.25, 0.3) is 0 Å². The molecule has 0 aromatic carbocycles. The van der Waals surface area contributed by atoms with Crippen molar-refractivity contribution in [3.63, 3.8) is 0 Å². The second-order valence-corrected chi connectivity index (χ2v) is 25.9. The van der Waals surface area contributed by atoms with Gasteiger partial charge in [0.05, 0.1) is 0 Å². The lowest BCUT2D eigenvalue weighted by molar-refractivity contribution is -0.167. The van der Waals surface area contributed by atoms with Gasteiger partial charge < -0.3 is 14.2 Å². The summed E-state index contributed by atoms with van der Waals surface area (Å²) in [7, 11) is 0. The van der Waals surface area contributed by atoms with E-state index in [0.717, 1.165) is 64.2 Å². The summed E-state index contributed by atoms with van der Waals surface area (Å²) >= 11 is 0. The molecule has 0 aromatic heterocycles. The van der Waals surface area contributed by atoms with Crippen LogP contribution in [0.25, 0.3) is 0 Å². The zero-order chi connectivity index (χ0) is 59.9. The van der Waals surface area contributed by atoms with Crippen molar-refractivity contribution in [3.8, 4) is 0 Å². The molecule has 0 saturated heterocycles. The Balaban J connectivity index is 4.25. The topological polar surface area (TPSA) is 78.9 Å². The molecule has 83 heavy (non-hydrogen) atoms. The van der Waals surface area contributed by atoms with Crippen molar-refractivity contribution in [3.05, 3.63) is 24.3 Å². The van der Waals surface area contributed by atoms with Crippen LogP contribution >= 0.6 is 0 Å². The highest BCUT2D eigenvalue weighted by Crippen LogP contribution is 2.19. The Labute approximate surface area is 519 Å². The van der Waals surface area contributed by atoms with Crippen LogP contribution in [0.15, 0.2) is 24.3 Å². The van der Waals surface area contributed by atoms with E-state index in [0.29, 0.717) is 19.3 Å². The second-order valence-electron chi connectivity index (χ2n) is 25.9. The van der Waals surface area contributed by atoms with Gasteiger partial charge in [-0.05, 0) is 70.6 Å². The Kier molecular flexibility index (Phi) is 70.5. The molecule has 0 spiro atoms. The molecule has 0 saturated carbocycles. The molecule has 0 bridgehead atoms. The Hall–Kier alpha value is -2.11. The van der Waals surface area contributed by atoms with Crippen LogP contribution in [0.5, 0.6) is 0 Å². The summed E-state index contributed by atoms with van der Waals surface area (Å²) in [6.07, 6.45) is 89.4. The highest BCUT2D eigenvalue weighted by molar-refractivity contribution is 5.71. The molecule has 6 nitrogen and oxygen atoms in total. The summed E-state index contributed by atoms with van der Waals surface area (Å²) in [4.78, 5) is 38.5. The zero-order valence-electron chi connectivity index (χ0n) is 56.5. The van der Waals surface area contributed by atoms with E-state index < -0.39 is 6.10 Å². The van der Waals surface area contributed by atoms with E-state index in [9.17, 15) is 14.4 Å². The van der Waals surface area contributed by atoms with E-state index >= 15 is 0 Å². The van der Waals surface area contributed by atoms with Crippen molar-refractivity contribution < 1.29 is 28.6 Å². The summed E-state index contributed by atoms with van der Waals surface area (Å²) in [6, 6.07) is 0. The molecule has 490 valence electrons. The number of allylic oxidation sites excluding steroid dienone is 4. The molecule has 0 amide bonds. The first-order valence-electron chi connectivity index (χ1n) is 37.8. The lowest BCUT2D eigenvalue weighted by Gasteiger charge is -2.18. The SMILES string of the molecule is CCCCCCCCC/C=C\CCCCCCCC(=O)OCC(COC(=O)CCCCCCCCCCCCCCC/C=C\CCCCCCCCCC)OC(=O)CCCCCCCCCCCCCCCCCCCCCCCCCC. The van der Waals surface area contributed by atoms with E-state index in [1.807, 2.05) is 0 Å². The van der Waals surface area contributed by atoms with Crippen molar-refractivity contribution in [2.75, 3.05) is 13.2 Å². The maximum Gasteiger partial charge on any atom is 0.306 e. The fraction of sp³-hybridized carbons (Fsp3) is 0.909. The maximum atomic E-state index is 13.0. The quantitative estimate of drug-likeness (QED) is 0.0261. The lowest BCUT2D eigenvalue weighted by atomic mass is 10.0. The smallest absolute Gasteiger partial charge is 0.306 e. The van der Waals surface area contributed by atoms with Crippen LogP contribution in [0.4, 0.5) is 0 Å². The molecular weight excluding hydrogens is 1020 g/mol. The molecule has 0 aliphatic carbocycles. The van der Waals surface area contributed by atoms with Gasteiger partial charge in [-0.1, -0.05) is 366 Å². The standard InChI is InChI=1S/C77H146O6/c1-4-7-10-13-16-19-22-25-28-31-33-35-37-39-41-42-44-46-49-52-55-58-61-64-67-70-76(79)82-73-74(72-81-75(78)69-66-63-60-57-54-51-48-30-27-24-21-18-15-12-9-6-3)83-77(80)71-68-65-62-59-56-53-50-47-45-43-40-38-36-34-32-29-26-23-20-17-14-11-8-5-2/h30-31,33,48,74H,4-29,32,34-47,49-73H2,1-3H3/b33-31-,48-30-. The van der Waals surface area contributed by atoms with E-state index in [1.165, 1.54) is 327 Å². The maximum absolute atomic E-state index is 13.0. The number of esters is 3. The third-order valence-corrected chi connectivity index (χ3v) is 17.4. The van der Waals surface area contributed by atoms with Crippen LogP contribution in [-0.4, -0.2) is 37.2 Å². The van der Waals surface area contributed by atoms with Crippen molar-refractivity contribution in [2.45, 2.75) is 438 Å². The molecule has 1 atom stereocenters. The molecule has 0 aliphatic rings. The lowest BCUT2D eigenvalue weighted by Crippen LogP contribution is -2.30. The van der Waals surface area contributed by atoms with Crippen molar-refractivity contribution in [1.82, 2.24) is 0 Å². The van der Waals surface area contributed by atoms with Crippen LogP contribution in [0.2, 0.25) is 0 Å². The molecule has 0 aromatic rings. The van der Waals surface area contributed by atoms with Crippen LogP contribution in [-0.2, 0) is 28.6 Å². The molecule has 1 unspecified atom stereocenters. The van der Waals surface area contributed by atoms with Crippen molar-refractivity contribution in [2.24, 2.45) is 0 Å². The third-order valence-electron chi connectivity index (χ3n) is 17.4. The monoisotopic (exact) mass is 1170 g/mol. The first kappa shape index (κ1) is 80.9. The minimum atomic E-state index is -0.773. The predicted molar refractivity (Wildman–Crippen MR) is 363 cm³/mol. The molecule has 0 heterocycles. The van der Waals surface area contributed by atoms with Gasteiger partial charge in [0, 0.05) is 19.3 Å². The fourth-order valence-electron chi connectivity index (χ4n) is 11.7. The predicted octanol–water partition coefficient (Wildman–Crippen LogP) is 26.1. The number of unbranched alkanes of at least 4 members (excludes halogenated alkanes) is 56. The van der Waals surface area contributed by atoms with Gasteiger partial charge in [-0.2, -0.15) is 0 Å². The summed E-state index contributed by atoms with van der Waals surface area (Å²) in [5.74, 6) is -0.840. The van der Waals surface area contributed by atoms with Crippen LogP contribution in [0.3, 0.4) is 0 Å². The van der Waals surface area contributed by atoms with Gasteiger partial charge in [-0.3, -0.25) is 14.4 Å². The van der Waals surface area contributed by atoms with Gasteiger partial charge in [0.1, 0.15) is 13.2 Å². The van der Waals surface area contributed by atoms with Crippen LogP contribution in [0.1, 0.15) is 432 Å². The second kappa shape index (κ2) is 72.4. The van der Waals surface area contributed by atoms with E-state index in [4.69, 9.17) is 14.2 Å².